The summed E-state index contributed by atoms with van der Waals surface area (Å²) in [5, 5.41) is 11.4. The van der Waals surface area contributed by atoms with E-state index < -0.39 is 0 Å². The van der Waals surface area contributed by atoms with Gasteiger partial charge in [0.2, 0.25) is 0 Å². The number of benzene rings is 1. The van der Waals surface area contributed by atoms with Crippen LogP contribution in [0.3, 0.4) is 0 Å². The Kier molecular flexibility index (Phi) is 3.28. The molecule has 0 unspecified atom stereocenters. The standard InChI is InChI=1S/C11H12ClFN4/c1-7-15-16-11(17(7)2)6-14-10-5-8(13)3-4-9(10)12/h3-5,14H,6H2,1-2H3. The first-order valence-corrected chi connectivity index (χ1v) is 5.49. The van der Waals surface area contributed by atoms with Gasteiger partial charge in [-0.15, -0.1) is 10.2 Å². The monoisotopic (exact) mass is 254 g/mol. The second-order valence-electron chi connectivity index (χ2n) is 3.70. The van der Waals surface area contributed by atoms with Crippen molar-refractivity contribution in [2.45, 2.75) is 13.5 Å². The molecule has 4 nitrogen and oxygen atoms in total. The summed E-state index contributed by atoms with van der Waals surface area (Å²) >= 11 is 5.94. The predicted octanol–water partition coefficient (Wildman–Crippen LogP) is 2.53. The summed E-state index contributed by atoms with van der Waals surface area (Å²) in [6.45, 7) is 2.31. The van der Waals surface area contributed by atoms with Gasteiger partial charge in [0.15, 0.2) is 5.82 Å². The van der Waals surface area contributed by atoms with E-state index in [1.807, 2.05) is 18.5 Å². The molecule has 0 saturated carbocycles. The number of nitrogens with zero attached hydrogens (tertiary/aromatic N) is 3. The van der Waals surface area contributed by atoms with E-state index in [4.69, 9.17) is 11.6 Å². The van der Waals surface area contributed by atoms with Gasteiger partial charge < -0.3 is 9.88 Å². The molecule has 17 heavy (non-hydrogen) atoms. The lowest BCUT2D eigenvalue weighted by atomic mass is 10.3. The molecule has 0 radical (unpaired) electrons. The topological polar surface area (TPSA) is 42.7 Å². The van der Waals surface area contributed by atoms with E-state index >= 15 is 0 Å². The van der Waals surface area contributed by atoms with E-state index in [-0.39, 0.29) is 5.82 Å². The van der Waals surface area contributed by atoms with Crippen LogP contribution >= 0.6 is 11.6 Å². The minimum atomic E-state index is -0.328. The van der Waals surface area contributed by atoms with E-state index in [1.54, 1.807) is 0 Å². The van der Waals surface area contributed by atoms with Crippen LogP contribution in [-0.4, -0.2) is 14.8 Å². The number of hydrogen-bond acceptors (Lipinski definition) is 3. The highest BCUT2D eigenvalue weighted by molar-refractivity contribution is 6.33. The van der Waals surface area contributed by atoms with Crippen molar-refractivity contribution in [1.82, 2.24) is 14.8 Å². The van der Waals surface area contributed by atoms with Gasteiger partial charge in [-0.1, -0.05) is 11.6 Å². The second kappa shape index (κ2) is 4.71. The summed E-state index contributed by atoms with van der Waals surface area (Å²) in [5.41, 5.74) is 0.548. The van der Waals surface area contributed by atoms with Crippen molar-refractivity contribution in [3.8, 4) is 0 Å². The third kappa shape index (κ3) is 2.55. The average molecular weight is 255 g/mol. The van der Waals surface area contributed by atoms with Gasteiger partial charge in [0.25, 0.3) is 0 Å². The van der Waals surface area contributed by atoms with Crippen LogP contribution in [0.5, 0.6) is 0 Å². The first-order chi connectivity index (χ1) is 8.08. The van der Waals surface area contributed by atoms with Crippen molar-refractivity contribution in [1.29, 1.82) is 0 Å². The van der Waals surface area contributed by atoms with Crippen molar-refractivity contribution in [2.75, 3.05) is 5.32 Å². The highest BCUT2D eigenvalue weighted by atomic mass is 35.5. The van der Waals surface area contributed by atoms with E-state index in [0.717, 1.165) is 11.6 Å². The molecule has 0 fully saturated rings. The third-order valence-corrected chi connectivity index (χ3v) is 2.88. The summed E-state index contributed by atoms with van der Waals surface area (Å²) in [7, 11) is 1.87. The largest absolute Gasteiger partial charge is 0.376 e. The molecule has 0 aliphatic heterocycles. The van der Waals surface area contributed by atoms with E-state index in [9.17, 15) is 4.39 Å². The van der Waals surface area contributed by atoms with Gasteiger partial charge in [-0.2, -0.15) is 0 Å². The van der Waals surface area contributed by atoms with Gasteiger partial charge >= 0.3 is 0 Å². The summed E-state index contributed by atoms with van der Waals surface area (Å²) in [6, 6.07) is 4.19. The van der Waals surface area contributed by atoms with Crippen molar-refractivity contribution < 1.29 is 4.39 Å². The molecule has 0 aliphatic carbocycles. The maximum absolute atomic E-state index is 13.0. The van der Waals surface area contributed by atoms with Crippen LogP contribution in [0.1, 0.15) is 11.6 Å². The van der Waals surface area contributed by atoms with Crippen molar-refractivity contribution >= 4 is 17.3 Å². The quantitative estimate of drug-likeness (QED) is 0.915. The molecular weight excluding hydrogens is 243 g/mol. The van der Waals surface area contributed by atoms with Gasteiger partial charge in [0.1, 0.15) is 11.6 Å². The van der Waals surface area contributed by atoms with E-state index in [1.165, 1.54) is 18.2 Å². The average Bonchev–Trinajstić information content (AvgIpc) is 2.62. The Morgan fingerprint density at radius 2 is 2.18 bits per heavy atom. The SMILES string of the molecule is Cc1nnc(CNc2cc(F)ccc2Cl)n1C. The fourth-order valence-corrected chi connectivity index (χ4v) is 1.60. The summed E-state index contributed by atoms with van der Waals surface area (Å²) < 4.78 is 14.9. The Labute approximate surface area is 103 Å². The molecule has 0 amide bonds. The molecule has 0 spiro atoms. The first-order valence-electron chi connectivity index (χ1n) is 5.11. The van der Waals surface area contributed by atoms with Crippen LogP contribution < -0.4 is 5.32 Å². The molecule has 2 rings (SSSR count). The fourth-order valence-electron chi connectivity index (χ4n) is 1.41. The molecule has 0 aliphatic rings. The molecule has 0 saturated heterocycles. The fraction of sp³-hybridized carbons (Fsp3) is 0.273. The lowest BCUT2D eigenvalue weighted by Crippen LogP contribution is -2.07. The minimum Gasteiger partial charge on any atom is -0.376 e. The number of halogens is 2. The third-order valence-electron chi connectivity index (χ3n) is 2.55. The molecule has 1 N–H and O–H groups in total. The molecule has 0 bridgehead atoms. The van der Waals surface area contributed by atoms with Crippen LogP contribution in [0.2, 0.25) is 5.02 Å². The van der Waals surface area contributed by atoms with Crippen molar-refractivity contribution in [3.05, 3.63) is 40.7 Å². The number of anilines is 1. The summed E-state index contributed by atoms with van der Waals surface area (Å²) in [4.78, 5) is 0. The highest BCUT2D eigenvalue weighted by Gasteiger charge is 2.06. The molecule has 6 heteroatoms. The molecular formula is C11H12ClFN4. The van der Waals surface area contributed by atoms with Gasteiger partial charge in [-0.05, 0) is 25.1 Å². The van der Waals surface area contributed by atoms with Gasteiger partial charge in [0, 0.05) is 7.05 Å². The maximum Gasteiger partial charge on any atom is 0.152 e. The number of hydrogen-bond donors (Lipinski definition) is 1. The van der Waals surface area contributed by atoms with Crippen LogP contribution in [0.25, 0.3) is 0 Å². The lowest BCUT2D eigenvalue weighted by Gasteiger charge is -2.08. The molecule has 1 aromatic carbocycles. The number of aromatic nitrogens is 3. The van der Waals surface area contributed by atoms with E-state index in [0.29, 0.717) is 17.3 Å². The second-order valence-corrected chi connectivity index (χ2v) is 4.11. The zero-order chi connectivity index (χ0) is 12.4. The molecule has 1 heterocycles. The zero-order valence-electron chi connectivity index (χ0n) is 9.54. The number of aryl methyl sites for hydroxylation is 1. The molecule has 0 atom stereocenters. The highest BCUT2D eigenvalue weighted by Crippen LogP contribution is 2.22. The Bertz CT molecular complexity index is 538. The van der Waals surface area contributed by atoms with Crippen LogP contribution in [0, 0.1) is 12.7 Å². The molecule has 2 aromatic rings. The normalized spacial score (nSPS) is 10.6. The van der Waals surface area contributed by atoms with Crippen molar-refractivity contribution in [3.63, 3.8) is 0 Å². The zero-order valence-corrected chi connectivity index (χ0v) is 10.3. The minimum absolute atomic E-state index is 0.328. The van der Waals surface area contributed by atoms with Gasteiger partial charge in [-0.3, -0.25) is 0 Å². The Morgan fingerprint density at radius 1 is 1.41 bits per heavy atom. The van der Waals surface area contributed by atoms with Crippen LogP contribution in [0.4, 0.5) is 10.1 Å². The first kappa shape index (κ1) is 11.9. The smallest absolute Gasteiger partial charge is 0.152 e. The summed E-state index contributed by atoms with van der Waals surface area (Å²) in [6.07, 6.45) is 0. The number of rotatable bonds is 3. The van der Waals surface area contributed by atoms with E-state index in [2.05, 4.69) is 15.5 Å². The Morgan fingerprint density at radius 3 is 2.82 bits per heavy atom. The Balaban J connectivity index is 2.12. The van der Waals surface area contributed by atoms with Crippen LogP contribution in [-0.2, 0) is 13.6 Å². The predicted molar refractivity (Wildman–Crippen MR) is 64.5 cm³/mol. The Hall–Kier alpha value is -1.62. The van der Waals surface area contributed by atoms with Crippen LogP contribution in [0.15, 0.2) is 18.2 Å². The summed E-state index contributed by atoms with van der Waals surface area (Å²) in [5.74, 6) is 1.26. The molecule has 90 valence electrons. The maximum atomic E-state index is 13.0. The number of nitrogens with one attached hydrogen (secondary N) is 1. The van der Waals surface area contributed by atoms with Crippen molar-refractivity contribution in [2.24, 2.45) is 7.05 Å². The molecule has 1 aromatic heterocycles. The lowest BCUT2D eigenvalue weighted by molar-refractivity contribution is 0.628. The van der Waals surface area contributed by atoms with Gasteiger partial charge in [-0.25, -0.2) is 4.39 Å². The van der Waals surface area contributed by atoms with Gasteiger partial charge in [0.05, 0.1) is 17.3 Å².